The predicted octanol–water partition coefficient (Wildman–Crippen LogP) is 4.46. The smallest absolute Gasteiger partial charge is 0.304 e. The number of hydrogen-bond donors (Lipinski definition) is 2. The standard InChI is InChI=1S/C22H24N2O3S/c1-24-14-17(19-7-2-3-8-20(19)24)9-10-21(25)23-18-6-4-5-16(13-18)15-28-12-11-22(26)27/h2-8,13-14H,9-12,15H2,1H3,(H,23,25)(H,26,27). The van der Waals surface area contributed by atoms with Crippen molar-refractivity contribution in [1.82, 2.24) is 4.57 Å². The van der Waals surface area contributed by atoms with Crippen LogP contribution in [0.25, 0.3) is 10.9 Å². The maximum Gasteiger partial charge on any atom is 0.304 e. The van der Waals surface area contributed by atoms with E-state index in [9.17, 15) is 9.59 Å². The average Bonchev–Trinajstić information content (AvgIpc) is 3.00. The van der Waals surface area contributed by atoms with Crippen LogP contribution in [-0.2, 0) is 28.8 Å². The number of anilines is 1. The number of aromatic nitrogens is 1. The number of nitrogens with one attached hydrogen (secondary N) is 1. The molecule has 3 rings (SSSR count). The van der Waals surface area contributed by atoms with Crippen molar-refractivity contribution in [1.29, 1.82) is 0 Å². The maximum absolute atomic E-state index is 12.4. The van der Waals surface area contributed by atoms with E-state index in [2.05, 4.69) is 28.2 Å². The highest BCUT2D eigenvalue weighted by Gasteiger charge is 2.09. The number of rotatable bonds is 9. The number of hydrogen-bond acceptors (Lipinski definition) is 3. The van der Waals surface area contributed by atoms with Gasteiger partial charge in [0.25, 0.3) is 0 Å². The van der Waals surface area contributed by atoms with Crippen molar-refractivity contribution in [3.63, 3.8) is 0 Å². The van der Waals surface area contributed by atoms with E-state index in [0.29, 0.717) is 18.6 Å². The number of benzene rings is 2. The Hall–Kier alpha value is -2.73. The van der Waals surface area contributed by atoms with Crippen molar-refractivity contribution < 1.29 is 14.7 Å². The van der Waals surface area contributed by atoms with E-state index in [4.69, 9.17) is 5.11 Å². The summed E-state index contributed by atoms with van der Waals surface area (Å²) in [4.78, 5) is 22.9. The molecule has 0 radical (unpaired) electrons. The van der Waals surface area contributed by atoms with Gasteiger partial charge in [-0.1, -0.05) is 30.3 Å². The van der Waals surface area contributed by atoms with Crippen LogP contribution in [0.1, 0.15) is 24.0 Å². The molecular weight excluding hydrogens is 372 g/mol. The molecule has 1 heterocycles. The molecule has 3 aromatic rings. The zero-order chi connectivity index (χ0) is 19.9. The lowest BCUT2D eigenvalue weighted by molar-refractivity contribution is -0.136. The van der Waals surface area contributed by atoms with Crippen LogP contribution in [0.4, 0.5) is 5.69 Å². The number of nitrogens with zero attached hydrogens (tertiary/aromatic N) is 1. The molecule has 0 fully saturated rings. The minimum absolute atomic E-state index is 0.0105. The van der Waals surface area contributed by atoms with E-state index >= 15 is 0 Å². The molecule has 0 aliphatic carbocycles. The van der Waals surface area contributed by atoms with Crippen molar-refractivity contribution in [2.75, 3.05) is 11.1 Å². The Morgan fingerprint density at radius 1 is 1.11 bits per heavy atom. The third-order valence-corrected chi connectivity index (χ3v) is 5.57. The number of thioether (sulfide) groups is 1. The Morgan fingerprint density at radius 2 is 1.93 bits per heavy atom. The number of amides is 1. The highest BCUT2D eigenvalue weighted by molar-refractivity contribution is 7.98. The normalized spacial score (nSPS) is 10.9. The van der Waals surface area contributed by atoms with E-state index in [0.717, 1.165) is 17.0 Å². The highest BCUT2D eigenvalue weighted by atomic mass is 32.2. The molecule has 0 spiro atoms. The number of fused-ring (bicyclic) bond motifs is 1. The molecule has 2 aromatic carbocycles. The van der Waals surface area contributed by atoms with Crippen molar-refractivity contribution in [2.24, 2.45) is 7.05 Å². The Labute approximate surface area is 168 Å². The largest absolute Gasteiger partial charge is 0.481 e. The lowest BCUT2D eigenvalue weighted by Crippen LogP contribution is -2.12. The fourth-order valence-corrected chi connectivity index (χ4v) is 4.06. The summed E-state index contributed by atoms with van der Waals surface area (Å²) in [7, 11) is 2.02. The van der Waals surface area contributed by atoms with Gasteiger partial charge in [-0.25, -0.2) is 0 Å². The molecule has 6 heteroatoms. The second-order valence-corrected chi connectivity index (χ2v) is 7.83. The highest BCUT2D eigenvalue weighted by Crippen LogP contribution is 2.22. The number of para-hydroxylation sites is 1. The van der Waals surface area contributed by atoms with E-state index in [-0.39, 0.29) is 12.3 Å². The molecular formula is C22H24N2O3S. The van der Waals surface area contributed by atoms with E-state index < -0.39 is 5.97 Å². The van der Waals surface area contributed by atoms with Crippen LogP contribution < -0.4 is 5.32 Å². The molecule has 0 unspecified atom stereocenters. The molecule has 146 valence electrons. The minimum atomic E-state index is -0.778. The topological polar surface area (TPSA) is 71.3 Å². The van der Waals surface area contributed by atoms with Crippen molar-refractivity contribution in [2.45, 2.75) is 25.0 Å². The summed E-state index contributed by atoms with van der Waals surface area (Å²) in [6, 6.07) is 15.9. The molecule has 2 N–H and O–H groups in total. The van der Waals surface area contributed by atoms with Gasteiger partial charge in [0.05, 0.1) is 6.42 Å². The SMILES string of the molecule is Cn1cc(CCC(=O)Nc2cccc(CSCCC(=O)O)c2)c2ccccc21. The molecule has 0 saturated heterocycles. The fraction of sp³-hybridized carbons (Fsp3) is 0.273. The first-order valence-corrected chi connectivity index (χ1v) is 10.4. The number of aryl methyl sites for hydroxylation is 2. The van der Waals surface area contributed by atoms with Gasteiger partial charge in [-0.15, -0.1) is 0 Å². The van der Waals surface area contributed by atoms with Gasteiger partial charge in [0.2, 0.25) is 5.91 Å². The first kappa shape index (κ1) is 20.0. The number of carbonyl (C=O) groups is 2. The predicted molar refractivity (Wildman–Crippen MR) is 115 cm³/mol. The van der Waals surface area contributed by atoms with Gasteiger partial charge in [-0.2, -0.15) is 11.8 Å². The number of carbonyl (C=O) groups excluding carboxylic acids is 1. The molecule has 0 saturated carbocycles. The van der Waals surface area contributed by atoms with Gasteiger partial charge < -0.3 is 15.0 Å². The van der Waals surface area contributed by atoms with Crippen LogP contribution >= 0.6 is 11.8 Å². The molecule has 1 amide bonds. The zero-order valence-electron chi connectivity index (χ0n) is 15.9. The summed E-state index contributed by atoms with van der Waals surface area (Å²) >= 11 is 1.58. The molecule has 0 atom stereocenters. The second kappa shape index (κ2) is 9.46. The summed E-state index contributed by atoms with van der Waals surface area (Å²) in [6.07, 6.45) is 3.37. The lowest BCUT2D eigenvalue weighted by atomic mass is 10.1. The van der Waals surface area contributed by atoms with Crippen LogP contribution in [0.5, 0.6) is 0 Å². The molecule has 0 aliphatic rings. The third-order valence-electron chi connectivity index (χ3n) is 4.54. The number of carboxylic acid groups (broad SMARTS) is 1. The van der Waals surface area contributed by atoms with Crippen molar-refractivity contribution in [3.8, 4) is 0 Å². The summed E-state index contributed by atoms with van der Waals surface area (Å²) in [6.45, 7) is 0. The Balaban J connectivity index is 1.53. The maximum atomic E-state index is 12.4. The van der Waals surface area contributed by atoms with Crippen molar-refractivity contribution >= 4 is 40.2 Å². The van der Waals surface area contributed by atoms with Gasteiger partial charge in [0, 0.05) is 47.8 Å². The molecule has 0 aliphatic heterocycles. The van der Waals surface area contributed by atoms with Gasteiger partial charge in [0.1, 0.15) is 0 Å². The summed E-state index contributed by atoms with van der Waals surface area (Å²) in [5, 5.41) is 12.8. The van der Waals surface area contributed by atoms with Gasteiger partial charge >= 0.3 is 5.97 Å². The van der Waals surface area contributed by atoms with Crippen LogP contribution in [0.15, 0.2) is 54.7 Å². The van der Waals surface area contributed by atoms with Gasteiger partial charge in [-0.05, 0) is 35.7 Å². The number of carboxylic acids is 1. The van der Waals surface area contributed by atoms with Gasteiger partial charge in [0.15, 0.2) is 0 Å². The fourth-order valence-electron chi connectivity index (χ4n) is 3.18. The zero-order valence-corrected chi connectivity index (χ0v) is 16.7. The molecule has 28 heavy (non-hydrogen) atoms. The molecule has 0 bridgehead atoms. The lowest BCUT2D eigenvalue weighted by Gasteiger charge is -2.07. The second-order valence-electron chi connectivity index (χ2n) is 6.73. The van der Waals surface area contributed by atoms with Crippen LogP contribution in [0, 0.1) is 0 Å². The summed E-state index contributed by atoms with van der Waals surface area (Å²) < 4.78 is 2.09. The van der Waals surface area contributed by atoms with Crippen molar-refractivity contribution in [3.05, 3.63) is 65.9 Å². The van der Waals surface area contributed by atoms with Crippen LogP contribution in [-0.4, -0.2) is 27.3 Å². The van der Waals surface area contributed by atoms with Gasteiger partial charge in [-0.3, -0.25) is 9.59 Å². The Bertz CT molecular complexity index is 981. The minimum Gasteiger partial charge on any atom is -0.481 e. The average molecular weight is 397 g/mol. The summed E-state index contributed by atoms with van der Waals surface area (Å²) in [5.74, 6) is 0.521. The monoisotopic (exact) mass is 396 g/mol. The van der Waals surface area contributed by atoms with E-state index in [1.165, 1.54) is 16.5 Å². The van der Waals surface area contributed by atoms with E-state index in [1.807, 2.05) is 43.4 Å². The summed E-state index contributed by atoms with van der Waals surface area (Å²) in [5.41, 5.74) is 4.20. The van der Waals surface area contributed by atoms with Crippen LogP contribution in [0.3, 0.4) is 0 Å². The Morgan fingerprint density at radius 3 is 2.75 bits per heavy atom. The first-order chi connectivity index (χ1) is 13.5. The Kier molecular flexibility index (Phi) is 6.76. The number of aliphatic carboxylic acids is 1. The molecule has 5 nitrogen and oxygen atoms in total. The van der Waals surface area contributed by atoms with E-state index in [1.54, 1.807) is 11.8 Å². The van der Waals surface area contributed by atoms with Crippen LogP contribution in [0.2, 0.25) is 0 Å². The third kappa shape index (κ3) is 5.39. The first-order valence-electron chi connectivity index (χ1n) is 9.24. The quantitative estimate of drug-likeness (QED) is 0.524. The molecule has 1 aromatic heterocycles.